The molecule has 0 bridgehead atoms. The van der Waals surface area contributed by atoms with Gasteiger partial charge in [0.05, 0.1) is 35.2 Å². The van der Waals surface area contributed by atoms with Gasteiger partial charge in [0, 0.05) is 11.9 Å². The van der Waals surface area contributed by atoms with Crippen LogP contribution in [0.5, 0.6) is 0 Å². The summed E-state index contributed by atoms with van der Waals surface area (Å²) in [5.74, 6) is -0.293. The molecule has 4 rings (SSSR count). The molecule has 0 unspecified atom stereocenters. The number of rotatable bonds is 6. The van der Waals surface area contributed by atoms with Crippen molar-refractivity contribution in [2.45, 2.75) is 19.9 Å². The van der Waals surface area contributed by atoms with E-state index in [1.54, 1.807) is 18.2 Å². The minimum absolute atomic E-state index is 0.293. The fourth-order valence-corrected chi connectivity index (χ4v) is 3.35. The minimum atomic E-state index is -0.293. The normalized spacial score (nSPS) is 10.6. The highest BCUT2D eigenvalue weighted by molar-refractivity contribution is 5.65. The molecule has 0 aliphatic rings. The predicted octanol–water partition coefficient (Wildman–Crippen LogP) is 5.78. The summed E-state index contributed by atoms with van der Waals surface area (Å²) in [6.45, 7) is 2.44. The van der Waals surface area contributed by atoms with Crippen molar-refractivity contribution in [3.8, 4) is 11.8 Å². The van der Waals surface area contributed by atoms with Gasteiger partial charge < -0.3 is 4.90 Å². The molecule has 0 aliphatic carbocycles. The van der Waals surface area contributed by atoms with Crippen LogP contribution in [0.4, 0.5) is 15.8 Å². The maximum atomic E-state index is 14.8. The van der Waals surface area contributed by atoms with Crippen molar-refractivity contribution >= 4 is 11.4 Å². The minimum Gasteiger partial charge on any atom is -0.333 e. The summed E-state index contributed by atoms with van der Waals surface area (Å²) in [5, 5.41) is 13.8. The molecule has 0 amide bonds. The number of anilines is 2. The molecule has 0 aliphatic heterocycles. The summed E-state index contributed by atoms with van der Waals surface area (Å²) in [5.41, 5.74) is 4.69. The van der Waals surface area contributed by atoms with Gasteiger partial charge in [-0.1, -0.05) is 31.2 Å². The number of aryl methyl sites for hydroxylation is 1. The Bertz CT molecular complexity index is 1170. The summed E-state index contributed by atoms with van der Waals surface area (Å²) in [6.07, 6.45) is 2.72. The molecule has 0 saturated heterocycles. The van der Waals surface area contributed by atoms with E-state index in [9.17, 15) is 4.39 Å². The lowest BCUT2D eigenvalue weighted by Crippen LogP contribution is -2.18. The quantitative estimate of drug-likeness (QED) is 0.415. The number of hydrogen-bond donors (Lipinski definition) is 0. The van der Waals surface area contributed by atoms with Crippen LogP contribution >= 0.6 is 0 Å². The summed E-state index contributed by atoms with van der Waals surface area (Å²) in [7, 11) is 0. The topological polar surface area (TPSA) is 44.9 Å². The number of aromatic nitrogens is 2. The second-order valence-corrected chi connectivity index (χ2v) is 6.97. The average Bonchev–Trinajstić information content (AvgIpc) is 3.27. The van der Waals surface area contributed by atoms with Crippen molar-refractivity contribution in [2.24, 2.45) is 0 Å². The van der Waals surface area contributed by atoms with Gasteiger partial charge in [0.1, 0.15) is 5.82 Å². The molecule has 0 atom stereocenters. The molecule has 0 saturated carbocycles. The Kier molecular flexibility index (Phi) is 5.58. The van der Waals surface area contributed by atoms with E-state index in [0.29, 0.717) is 17.8 Å². The Labute approximate surface area is 175 Å². The Hall–Kier alpha value is -3.91. The second kappa shape index (κ2) is 8.62. The fraction of sp³-hybridized carbons (Fsp3) is 0.120. The van der Waals surface area contributed by atoms with Gasteiger partial charge in [-0.3, -0.25) is 0 Å². The van der Waals surface area contributed by atoms with Crippen molar-refractivity contribution < 1.29 is 4.39 Å². The zero-order chi connectivity index (χ0) is 20.9. The zero-order valence-corrected chi connectivity index (χ0v) is 16.7. The SMILES string of the molecule is CCc1ccc(F)c(N(Cc2ccn(-c3ccccc3)n2)c2ccc(C#N)cc2)c1. The van der Waals surface area contributed by atoms with Gasteiger partial charge >= 0.3 is 0 Å². The van der Waals surface area contributed by atoms with Crippen LogP contribution in [0.1, 0.15) is 23.7 Å². The van der Waals surface area contributed by atoms with Crippen LogP contribution in [0, 0.1) is 17.1 Å². The van der Waals surface area contributed by atoms with Gasteiger partial charge in [0.2, 0.25) is 0 Å². The molecule has 4 nitrogen and oxygen atoms in total. The van der Waals surface area contributed by atoms with E-state index in [1.807, 2.05) is 77.3 Å². The van der Waals surface area contributed by atoms with E-state index in [0.717, 1.165) is 29.1 Å². The Balaban J connectivity index is 1.72. The molecule has 1 heterocycles. The molecule has 0 spiro atoms. The molecule has 0 radical (unpaired) electrons. The molecule has 148 valence electrons. The van der Waals surface area contributed by atoms with Crippen LogP contribution in [0.3, 0.4) is 0 Å². The van der Waals surface area contributed by atoms with Crippen LogP contribution in [-0.4, -0.2) is 9.78 Å². The smallest absolute Gasteiger partial charge is 0.146 e. The Morgan fingerprint density at radius 3 is 2.47 bits per heavy atom. The van der Waals surface area contributed by atoms with Gasteiger partial charge in [-0.2, -0.15) is 10.4 Å². The lowest BCUT2D eigenvalue weighted by molar-refractivity contribution is 0.623. The van der Waals surface area contributed by atoms with Gasteiger partial charge in [0.25, 0.3) is 0 Å². The fourth-order valence-electron chi connectivity index (χ4n) is 3.35. The van der Waals surface area contributed by atoms with E-state index < -0.39 is 0 Å². The third-order valence-electron chi connectivity index (χ3n) is 5.00. The van der Waals surface area contributed by atoms with E-state index in [-0.39, 0.29) is 5.82 Å². The third-order valence-corrected chi connectivity index (χ3v) is 5.00. The van der Waals surface area contributed by atoms with E-state index in [2.05, 4.69) is 11.2 Å². The summed E-state index contributed by atoms with van der Waals surface area (Å²) >= 11 is 0. The van der Waals surface area contributed by atoms with Crippen molar-refractivity contribution in [1.82, 2.24) is 9.78 Å². The highest BCUT2D eigenvalue weighted by Crippen LogP contribution is 2.31. The van der Waals surface area contributed by atoms with Crippen molar-refractivity contribution in [3.63, 3.8) is 0 Å². The molecule has 0 N–H and O–H groups in total. The number of benzene rings is 3. The largest absolute Gasteiger partial charge is 0.333 e. The third kappa shape index (κ3) is 4.08. The number of hydrogen-bond acceptors (Lipinski definition) is 3. The molecule has 4 aromatic rings. The van der Waals surface area contributed by atoms with Gasteiger partial charge in [-0.05, 0) is 66.6 Å². The number of nitrogens with zero attached hydrogens (tertiary/aromatic N) is 4. The van der Waals surface area contributed by atoms with Gasteiger partial charge in [-0.15, -0.1) is 0 Å². The molecule has 5 heteroatoms. The van der Waals surface area contributed by atoms with Crippen LogP contribution < -0.4 is 4.90 Å². The predicted molar refractivity (Wildman–Crippen MR) is 116 cm³/mol. The first-order chi connectivity index (χ1) is 14.7. The zero-order valence-electron chi connectivity index (χ0n) is 16.7. The van der Waals surface area contributed by atoms with Crippen LogP contribution in [0.25, 0.3) is 5.69 Å². The van der Waals surface area contributed by atoms with Gasteiger partial charge in [-0.25, -0.2) is 9.07 Å². The molecular weight excluding hydrogens is 375 g/mol. The van der Waals surface area contributed by atoms with E-state index in [4.69, 9.17) is 5.26 Å². The van der Waals surface area contributed by atoms with Gasteiger partial charge in [0.15, 0.2) is 0 Å². The second-order valence-electron chi connectivity index (χ2n) is 6.97. The summed E-state index contributed by atoms with van der Waals surface area (Å²) < 4.78 is 16.7. The highest BCUT2D eigenvalue weighted by atomic mass is 19.1. The van der Waals surface area contributed by atoms with Crippen molar-refractivity contribution in [3.05, 3.63) is 108 Å². The Morgan fingerprint density at radius 1 is 1.00 bits per heavy atom. The summed E-state index contributed by atoms with van der Waals surface area (Å²) in [6, 6.07) is 26.3. The maximum absolute atomic E-state index is 14.8. The number of nitriles is 1. The van der Waals surface area contributed by atoms with Crippen LogP contribution in [0.2, 0.25) is 0 Å². The van der Waals surface area contributed by atoms with Crippen LogP contribution in [-0.2, 0) is 13.0 Å². The first-order valence-electron chi connectivity index (χ1n) is 9.84. The first kappa shape index (κ1) is 19.4. The Morgan fingerprint density at radius 2 is 1.77 bits per heavy atom. The number of halogens is 1. The molecule has 0 fully saturated rings. The van der Waals surface area contributed by atoms with Crippen LogP contribution in [0.15, 0.2) is 85.1 Å². The summed E-state index contributed by atoms with van der Waals surface area (Å²) in [4.78, 5) is 1.90. The van der Waals surface area contributed by atoms with E-state index in [1.165, 1.54) is 6.07 Å². The highest BCUT2D eigenvalue weighted by Gasteiger charge is 2.17. The molecule has 3 aromatic carbocycles. The lowest BCUT2D eigenvalue weighted by Gasteiger charge is -2.25. The molecule has 30 heavy (non-hydrogen) atoms. The van der Waals surface area contributed by atoms with E-state index >= 15 is 0 Å². The maximum Gasteiger partial charge on any atom is 0.146 e. The van der Waals surface area contributed by atoms with Crippen molar-refractivity contribution in [2.75, 3.05) is 4.90 Å². The van der Waals surface area contributed by atoms with Crippen molar-refractivity contribution in [1.29, 1.82) is 5.26 Å². The number of para-hydroxylation sites is 1. The molecular formula is C25H21FN4. The standard InChI is InChI=1S/C25H21FN4/c1-2-19-10-13-24(26)25(16-19)29(22-11-8-20(17-27)9-12-22)18-21-14-15-30(28-21)23-6-4-3-5-7-23/h3-16H,2,18H2,1H3. The lowest BCUT2D eigenvalue weighted by atomic mass is 10.1. The monoisotopic (exact) mass is 396 g/mol. The average molecular weight is 396 g/mol. The first-order valence-corrected chi connectivity index (χ1v) is 9.84. The molecule has 1 aromatic heterocycles.